The van der Waals surface area contributed by atoms with Crippen LogP contribution in [0.5, 0.6) is 0 Å². The molecule has 2 rings (SSSR count). The van der Waals surface area contributed by atoms with Crippen molar-refractivity contribution in [2.24, 2.45) is 5.92 Å². The second kappa shape index (κ2) is 4.47. The predicted molar refractivity (Wildman–Crippen MR) is 57.7 cm³/mol. The van der Waals surface area contributed by atoms with Gasteiger partial charge in [0.05, 0.1) is 12.3 Å². The number of hydrogen-bond acceptors (Lipinski definition) is 2. The first-order valence-corrected chi connectivity index (χ1v) is 4.85. The van der Waals surface area contributed by atoms with Gasteiger partial charge in [-0.25, -0.2) is 0 Å². The van der Waals surface area contributed by atoms with Crippen molar-refractivity contribution in [1.29, 1.82) is 5.26 Å². The van der Waals surface area contributed by atoms with Crippen LogP contribution in [0.3, 0.4) is 0 Å². The molecule has 0 bridgehead atoms. The van der Waals surface area contributed by atoms with Gasteiger partial charge >= 0.3 is 0 Å². The molecule has 0 aliphatic carbocycles. The lowest BCUT2D eigenvalue weighted by molar-refractivity contribution is 0.151. The van der Waals surface area contributed by atoms with Crippen LogP contribution in [0.15, 0.2) is 54.8 Å². The molecule has 0 radical (unpaired) electrons. The maximum atomic E-state index is 8.48. The average Bonchev–Trinajstić information content (AvgIpc) is 2.75. The topological polar surface area (TPSA) is 33.0 Å². The van der Waals surface area contributed by atoms with E-state index in [2.05, 4.69) is 0 Å². The molecule has 1 aromatic rings. The highest BCUT2D eigenvalue weighted by atomic mass is 16.5. The van der Waals surface area contributed by atoms with Gasteiger partial charge in [0.2, 0.25) is 0 Å². The zero-order valence-corrected chi connectivity index (χ0v) is 8.21. The lowest BCUT2D eigenvalue weighted by Gasteiger charge is -2.15. The van der Waals surface area contributed by atoms with Crippen molar-refractivity contribution in [3.05, 3.63) is 60.4 Å². The van der Waals surface area contributed by atoms with E-state index in [1.807, 2.05) is 48.6 Å². The third-order valence-electron chi connectivity index (χ3n) is 2.40. The van der Waals surface area contributed by atoms with E-state index in [-0.39, 0.29) is 12.0 Å². The molecule has 74 valence electrons. The highest BCUT2D eigenvalue weighted by Gasteiger charge is 2.23. The molecule has 2 nitrogen and oxygen atoms in total. The van der Waals surface area contributed by atoms with E-state index in [9.17, 15) is 0 Å². The Labute approximate surface area is 89.1 Å². The molecule has 0 spiro atoms. The maximum Gasteiger partial charge on any atom is 0.133 e. The van der Waals surface area contributed by atoms with Crippen LogP contribution in [0.2, 0.25) is 0 Å². The smallest absolute Gasteiger partial charge is 0.133 e. The summed E-state index contributed by atoms with van der Waals surface area (Å²) in [6.07, 6.45) is 7.03. The molecule has 2 atom stereocenters. The van der Waals surface area contributed by atoms with E-state index >= 15 is 0 Å². The molecule has 0 unspecified atom stereocenters. The second-order valence-corrected chi connectivity index (χ2v) is 3.36. The molecule has 0 amide bonds. The van der Waals surface area contributed by atoms with E-state index in [0.717, 1.165) is 5.56 Å². The predicted octanol–water partition coefficient (Wildman–Crippen LogP) is 2.97. The summed E-state index contributed by atoms with van der Waals surface area (Å²) in [6.45, 7) is 0. The monoisotopic (exact) mass is 197 g/mol. The zero-order chi connectivity index (χ0) is 10.5. The van der Waals surface area contributed by atoms with Gasteiger partial charge in [-0.05, 0) is 11.6 Å². The Morgan fingerprint density at radius 2 is 2.07 bits per heavy atom. The van der Waals surface area contributed by atoms with Crippen molar-refractivity contribution in [3.8, 4) is 6.07 Å². The molecule has 0 fully saturated rings. The molecular weight excluding hydrogens is 186 g/mol. The molecule has 0 saturated heterocycles. The van der Waals surface area contributed by atoms with Gasteiger partial charge in [-0.15, -0.1) is 0 Å². The first-order valence-electron chi connectivity index (χ1n) is 4.85. The molecule has 1 aliphatic heterocycles. The van der Waals surface area contributed by atoms with Crippen molar-refractivity contribution in [1.82, 2.24) is 0 Å². The summed E-state index contributed by atoms with van der Waals surface area (Å²) in [5.41, 5.74) is 1.13. The van der Waals surface area contributed by atoms with Gasteiger partial charge in [0.15, 0.2) is 0 Å². The van der Waals surface area contributed by atoms with Crippen molar-refractivity contribution in [3.63, 3.8) is 0 Å². The molecule has 1 aromatic carbocycles. The molecule has 1 heterocycles. The van der Waals surface area contributed by atoms with Crippen molar-refractivity contribution < 1.29 is 4.74 Å². The van der Waals surface area contributed by atoms with Gasteiger partial charge in [-0.2, -0.15) is 5.26 Å². The molecule has 0 aromatic heterocycles. The van der Waals surface area contributed by atoms with E-state index in [1.165, 1.54) is 6.08 Å². The molecular formula is C13H11NO. The van der Waals surface area contributed by atoms with Crippen LogP contribution in [-0.2, 0) is 4.74 Å². The minimum absolute atomic E-state index is 0.01000. The van der Waals surface area contributed by atoms with E-state index in [0.29, 0.717) is 0 Å². The number of benzene rings is 1. The maximum absolute atomic E-state index is 8.48. The van der Waals surface area contributed by atoms with E-state index in [4.69, 9.17) is 10.00 Å². The molecule has 1 aliphatic rings. The number of rotatable bonds is 2. The summed E-state index contributed by atoms with van der Waals surface area (Å²) in [5, 5.41) is 8.48. The lowest BCUT2D eigenvalue weighted by Crippen LogP contribution is -2.05. The normalized spacial score (nSPS) is 23.9. The summed E-state index contributed by atoms with van der Waals surface area (Å²) in [6, 6.07) is 12.0. The van der Waals surface area contributed by atoms with Crippen LogP contribution in [0.25, 0.3) is 0 Å². The van der Waals surface area contributed by atoms with Crippen molar-refractivity contribution in [2.45, 2.75) is 6.10 Å². The van der Waals surface area contributed by atoms with Crippen LogP contribution in [-0.4, -0.2) is 0 Å². The molecule has 2 heteroatoms. The minimum atomic E-state index is 0.01000. The SMILES string of the molecule is N#C/C=C\[C@@H]1C=CO[C@@H]1c1ccccc1. The standard InChI is InChI=1S/C13H11NO/c14-9-4-7-12-8-10-15-13(12)11-5-2-1-3-6-11/h1-8,10,12-13H/b7-4-/t12-,13-/m1/s1. The molecule has 0 N–H and O–H groups in total. The first kappa shape index (κ1) is 9.54. The number of nitriles is 1. The first-order chi connectivity index (χ1) is 7.42. The fourth-order valence-corrected chi connectivity index (χ4v) is 1.68. The summed E-state index contributed by atoms with van der Waals surface area (Å²) in [5.74, 6) is 0.159. The van der Waals surface area contributed by atoms with Gasteiger partial charge in [0.25, 0.3) is 0 Å². The Morgan fingerprint density at radius 1 is 1.27 bits per heavy atom. The van der Waals surface area contributed by atoms with E-state index in [1.54, 1.807) is 6.26 Å². The molecule has 15 heavy (non-hydrogen) atoms. The van der Waals surface area contributed by atoms with Gasteiger partial charge in [-0.1, -0.05) is 36.4 Å². The lowest BCUT2D eigenvalue weighted by atomic mass is 9.97. The van der Waals surface area contributed by atoms with Gasteiger partial charge in [-0.3, -0.25) is 0 Å². The largest absolute Gasteiger partial charge is 0.493 e. The summed E-state index contributed by atoms with van der Waals surface area (Å²) < 4.78 is 5.51. The van der Waals surface area contributed by atoms with E-state index < -0.39 is 0 Å². The van der Waals surface area contributed by atoms with Crippen LogP contribution < -0.4 is 0 Å². The summed E-state index contributed by atoms with van der Waals surface area (Å²) in [7, 11) is 0. The number of allylic oxidation sites excluding steroid dienone is 1. The Bertz CT molecular complexity index is 414. The third kappa shape index (κ3) is 2.08. The van der Waals surface area contributed by atoms with Crippen molar-refractivity contribution in [2.75, 3.05) is 0 Å². The fraction of sp³-hybridized carbons (Fsp3) is 0.154. The van der Waals surface area contributed by atoms with Crippen LogP contribution in [0, 0.1) is 17.2 Å². The Hall–Kier alpha value is -2.01. The minimum Gasteiger partial charge on any atom is -0.493 e. The summed E-state index contributed by atoms with van der Waals surface area (Å²) in [4.78, 5) is 0. The quantitative estimate of drug-likeness (QED) is 0.683. The highest BCUT2D eigenvalue weighted by molar-refractivity contribution is 5.24. The van der Waals surface area contributed by atoms with Crippen molar-refractivity contribution >= 4 is 0 Å². The Balaban J connectivity index is 2.18. The van der Waals surface area contributed by atoms with Crippen LogP contribution in [0.4, 0.5) is 0 Å². The third-order valence-corrected chi connectivity index (χ3v) is 2.40. The number of hydrogen-bond donors (Lipinski definition) is 0. The average molecular weight is 197 g/mol. The molecule has 0 saturated carbocycles. The zero-order valence-electron chi connectivity index (χ0n) is 8.21. The Morgan fingerprint density at radius 3 is 2.80 bits per heavy atom. The Kier molecular flexibility index (Phi) is 2.85. The summed E-state index contributed by atoms with van der Waals surface area (Å²) >= 11 is 0. The van der Waals surface area contributed by atoms with Gasteiger partial charge < -0.3 is 4.74 Å². The van der Waals surface area contributed by atoms with Gasteiger partial charge in [0.1, 0.15) is 6.10 Å². The second-order valence-electron chi connectivity index (χ2n) is 3.36. The van der Waals surface area contributed by atoms with Crippen LogP contribution >= 0.6 is 0 Å². The van der Waals surface area contributed by atoms with Crippen LogP contribution in [0.1, 0.15) is 11.7 Å². The fourth-order valence-electron chi connectivity index (χ4n) is 1.68. The number of ether oxygens (including phenoxy) is 1. The number of nitrogens with zero attached hydrogens (tertiary/aromatic N) is 1. The highest BCUT2D eigenvalue weighted by Crippen LogP contribution is 2.32. The van der Waals surface area contributed by atoms with Gasteiger partial charge in [0, 0.05) is 12.0 Å².